The maximum absolute atomic E-state index is 5.93. The molecule has 104 valence electrons. The Balaban J connectivity index is 1.58. The van der Waals surface area contributed by atoms with Gasteiger partial charge in [0.2, 0.25) is 0 Å². The number of halogens is 1. The molecule has 1 aromatic heterocycles. The lowest BCUT2D eigenvalue weighted by atomic mass is 10.0. The number of azo groups is 1. The van der Waals surface area contributed by atoms with Gasteiger partial charge in [-0.1, -0.05) is 35.9 Å². The van der Waals surface area contributed by atoms with Crippen LogP contribution in [-0.4, -0.2) is 4.98 Å². The average Bonchev–Trinajstić information content (AvgIpc) is 3.14. The van der Waals surface area contributed by atoms with Gasteiger partial charge in [-0.25, -0.2) is 4.98 Å². The van der Waals surface area contributed by atoms with Crippen molar-refractivity contribution in [1.29, 1.82) is 0 Å². The molecule has 1 aliphatic rings. The maximum Gasteiger partial charge on any atom is 0.125 e. The largest absolute Gasteiger partial charge is 0.239 e. The van der Waals surface area contributed by atoms with E-state index < -0.39 is 0 Å². The normalized spacial score (nSPS) is 21.2. The Bertz CT molecular complexity index is 777. The van der Waals surface area contributed by atoms with E-state index in [0.29, 0.717) is 0 Å². The zero-order valence-corrected chi connectivity index (χ0v) is 12.7. The standard InChI is InChI=1S/C16H12ClN3S/c17-11-7-5-10(6-8-11)13-9-14(20-19-13)16-18-12-3-1-2-4-15(12)21-16/h1-8,13-14H,9H2. The zero-order chi connectivity index (χ0) is 14.2. The molecule has 3 aromatic rings. The molecule has 2 aromatic carbocycles. The van der Waals surface area contributed by atoms with Gasteiger partial charge in [0.05, 0.1) is 16.3 Å². The third-order valence-corrected chi connectivity index (χ3v) is 5.03. The monoisotopic (exact) mass is 313 g/mol. The highest BCUT2D eigenvalue weighted by Crippen LogP contribution is 2.41. The number of benzene rings is 2. The molecule has 3 nitrogen and oxygen atoms in total. The second-order valence-electron chi connectivity index (χ2n) is 5.07. The highest BCUT2D eigenvalue weighted by Gasteiger charge is 2.27. The van der Waals surface area contributed by atoms with E-state index in [1.54, 1.807) is 11.3 Å². The van der Waals surface area contributed by atoms with Crippen molar-refractivity contribution in [3.63, 3.8) is 0 Å². The first-order valence-electron chi connectivity index (χ1n) is 6.80. The van der Waals surface area contributed by atoms with Crippen LogP contribution in [0.25, 0.3) is 10.2 Å². The Morgan fingerprint density at radius 3 is 2.52 bits per heavy atom. The van der Waals surface area contributed by atoms with Gasteiger partial charge in [0.25, 0.3) is 0 Å². The summed E-state index contributed by atoms with van der Waals surface area (Å²) in [7, 11) is 0. The smallest absolute Gasteiger partial charge is 0.125 e. The summed E-state index contributed by atoms with van der Waals surface area (Å²) in [5.74, 6) is 0. The number of hydrogen-bond donors (Lipinski definition) is 0. The number of aromatic nitrogens is 1. The Morgan fingerprint density at radius 1 is 0.952 bits per heavy atom. The van der Waals surface area contributed by atoms with E-state index in [2.05, 4.69) is 21.3 Å². The second-order valence-corrected chi connectivity index (χ2v) is 6.57. The minimum atomic E-state index is 0.0723. The summed E-state index contributed by atoms with van der Waals surface area (Å²) in [5, 5.41) is 10.6. The molecule has 2 heterocycles. The molecule has 0 saturated carbocycles. The molecular formula is C16H12ClN3S. The van der Waals surface area contributed by atoms with Crippen LogP contribution in [0.2, 0.25) is 5.02 Å². The van der Waals surface area contributed by atoms with Crippen LogP contribution in [0, 0.1) is 0 Å². The lowest BCUT2D eigenvalue weighted by Gasteiger charge is -2.06. The molecule has 0 radical (unpaired) electrons. The third-order valence-electron chi connectivity index (χ3n) is 3.64. The molecule has 4 rings (SSSR count). The van der Waals surface area contributed by atoms with Crippen LogP contribution >= 0.6 is 22.9 Å². The van der Waals surface area contributed by atoms with E-state index in [1.807, 2.05) is 42.5 Å². The fourth-order valence-electron chi connectivity index (χ4n) is 2.54. The molecule has 0 amide bonds. The zero-order valence-electron chi connectivity index (χ0n) is 11.1. The van der Waals surface area contributed by atoms with Crippen LogP contribution in [0.5, 0.6) is 0 Å². The highest BCUT2D eigenvalue weighted by molar-refractivity contribution is 7.18. The minimum Gasteiger partial charge on any atom is -0.239 e. The number of para-hydroxylation sites is 1. The van der Waals surface area contributed by atoms with Gasteiger partial charge in [0.15, 0.2) is 0 Å². The Kier molecular flexibility index (Phi) is 3.20. The van der Waals surface area contributed by atoms with Crippen molar-refractivity contribution in [3.05, 3.63) is 64.1 Å². The first kappa shape index (κ1) is 12.9. The molecule has 21 heavy (non-hydrogen) atoms. The van der Waals surface area contributed by atoms with Gasteiger partial charge in [0.1, 0.15) is 11.0 Å². The topological polar surface area (TPSA) is 37.6 Å². The number of nitrogens with zero attached hydrogens (tertiary/aromatic N) is 3. The lowest BCUT2D eigenvalue weighted by molar-refractivity contribution is 0.657. The molecule has 0 N–H and O–H groups in total. The molecule has 1 aliphatic heterocycles. The summed E-state index contributed by atoms with van der Waals surface area (Å²) in [6, 6.07) is 16.2. The number of hydrogen-bond acceptors (Lipinski definition) is 4. The summed E-state index contributed by atoms with van der Waals surface area (Å²) < 4.78 is 1.21. The minimum absolute atomic E-state index is 0.0723. The van der Waals surface area contributed by atoms with Crippen molar-refractivity contribution < 1.29 is 0 Å². The van der Waals surface area contributed by atoms with Crippen LogP contribution in [0.15, 0.2) is 58.8 Å². The molecule has 0 saturated heterocycles. The molecule has 0 fully saturated rings. The van der Waals surface area contributed by atoms with Gasteiger partial charge < -0.3 is 0 Å². The average molecular weight is 314 g/mol. The van der Waals surface area contributed by atoms with Crippen molar-refractivity contribution in [2.24, 2.45) is 10.2 Å². The second kappa shape index (κ2) is 5.20. The molecule has 2 atom stereocenters. The highest BCUT2D eigenvalue weighted by atomic mass is 35.5. The van der Waals surface area contributed by atoms with E-state index in [1.165, 1.54) is 4.70 Å². The van der Waals surface area contributed by atoms with Crippen LogP contribution in [-0.2, 0) is 0 Å². The van der Waals surface area contributed by atoms with Crippen LogP contribution in [0.3, 0.4) is 0 Å². The summed E-state index contributed by atoms with van der Waals surface area (Å²) in [6.07, 6.45) is 0.876. The molecule has 0 spiro atoms. The van der Waals surface area contributed by atoms with Gasteiger partial charge >= 0.3 is 0 Å². The molecule has 5 heteroatoms. The quantitative estimate of drug-likeness (QED) is 0.607. The SMILES string of the molecule is Clc1ccc(C2CC(c3nc4ccccc4s3)N=N2)cc1. The third kappa shape index (κ3) is 2.45. The maximum atomic E-state index is 5.93. The first-order valence-corrected chi connectivity index (χ1v) is 8.00. The van der Waals surface area contributed by atoms with Crippen molar-refractivity contribution in [2.45, 2.75) is 18.5 Å². The molecule has 0 aliphatic carbocycles. The number of thiazole rings is 1. The molecule has 2 unspecified atom stereocenters. The van der Waals surface area contributed by atoms with Gasteiger partial charge in [-0.15, -0.1) is 11.3 Å². The Hall–Kier alpha value is -1.78. The molecule has 0 bridgehead atoms. The summed E-state index contributed by atoms with van der Waals surface area (Å²) in [6.45, 7) is 0. The first-order chi connectivity index (χ1) is 10.3. The predicted octanol–water partition coefficient (Wildman–Crippen LogP) is 5.59. The fraction of sp³-hybridized carbons (Fsp3) is 0.188. The van der Waals surface area contributed by atoms with E-state index >= 15 is 0 Å². The van der Waals surface area contributed by atoms with Gasteiger partial charge in [-0.2, -0.15) is 10.2 Å². The van der Waals surface area contributed by atoms with Gasteiger partial charge in [0, 0.05) is 11.4 Å². The van der Waals surface area contributed by atoms with E-state index in [0.717, 1.165) is 27.5 Å². The summed E-state index contributed by atoms with van der Waals surface area (Å²) in [4.78, 5) is 4.68. The van der Waals surface area contributed by atoms with Crippen molar-refractivity contribution in [2.75, 3.05) is 0 Å². The Morgan fingerprint density at radius 2 is 1.71 bits per heavy atom. The van der Waals surface area contributed by atoms with Gasteiger partial charge in [-0.05, 0) is 29.8 Å². The van der Waals surface area contributed by atoms with Crippen molar-refractivity contribution in [1.82, 2.24) is 4.98 Å². The predicted molar refractivity (Wildman–Crippen MR) is 86.0 cm³/mol. The van der Waals surface area contributed by atoms with E-state index in [4.69, 9.17) is 11.6 Å². The number of rotatable bonds is 2. The number of fused-ring (bicyclic) bond motifs is 1. The summed E-state index contributed by atoms with van der Waals surface area (Å²) in [5.41, 5.74) is 2.20. The van der Waals surface area contributed by atoms with Gasteiger partial charge in [-0.3, -0.25) is 0 Å². The molecular weight excluding hydrogens is 302 g/mol. The summed E-state index contributed by atoms with van der Waals surface area (Å²) >= 11 is 7.63. The Labute approximate surface area is 131 Å². The van der Waals surface area contributed by atoms with Crippen LogP contribution in [0.1, 0.15) is 29.1 Å². The fourth-order valence-corrected chi connectivity index (χ4v) is 3.68. The van der Waals surface area contributed by atoms with Crippen molar-refractivity contribution in [3.8, 4) is 0 Å². The van der Waals surface area contributed by atoms with Crippen LogP contribution < -0.4 is 0 Å². The van der Waals surface area contributed by atoms with Crippen LogP contribution in [0.4, 0.5) is 0 Å². The van der Waals surface area contributed by atoms with E-state index in [9.17, 15) is 0 Å². The van der Waals surface area contributed by atoms with E-state index in [-0.39, 0.29) is 12.1 Å². The lowest BCUT2D eigenvalue weighted by Crippen LogP contribution is -1.96. The van der Waals surface area contributed by atoms with Crippen molar-refractivity contribution >= 4 is 33.2 Å².